The summed E-state index contributed by atoms with van der Waals surface area (Å²) in [5.41, 5.74) is 1.35. The van der Waals surface area contributed by atoms with E-state index in [1.54, 1.807) is 6.20 Å². The summed E-state index contributed by atoms with van der Waals surface area (Å²) in [5, 5.41) is 8.49. The molecule has 3 heterocycles. The van der Waals surface area contributed by atoms with Gasteiger partial charge < -0.3 is 4.42 Å². The fourth-order valence-electron chi connectivity index (χ4n) is 2.43. The molecule has 0 spiro atoms. The molecule has 5 heteroatoms. The maximum atomic E-state index is 11.6. The summed E-state index contributed by atoms with van der Waals surface area (Å²) in [6.07, 6.45) is 1.72. The summed E-state index contributed by atoms with van der Waals surface area (Å²) in [6, 6.07) is 11.8. The number of benzene rings is 1. The van der Waals surface area contributed by atoms with Gasteiger partial charge in [0, 0.05) is 17.1 Å². The van der Waals surface area contributed by atoms with E-state index in [2.05, 4.69) is 10.2 Å². The van der Waals surface area contributed by atoms with Gasteiger partial charge in [-0.15, -0.1) is 0 Å². The van der Waals surface area contributed by atoms with E-state index in [9.17, 15) is 4.79 Å². The first-order chi connectivity index (χ1) is 9.72. The molecule has 1 aromatic carbocycles. The van der Waals surface area contributed by atoms with Crippen LogP contribution in [0.3, 0.4) is 0 Å². The van der Waals surface area contributed by atoms with Crippen molar-refractivity contribution in [3.05, 3.63) is 58.8 Å². The number of aryl methyl sites for hydroxylation is 1. The molecule has 4 rings (SSSR count). The van der Waals surface area contributed by atoms with Crippen LogP contribution in [-0.4, -0.2) is 14.6 Å². The van der Waals surface area contributed by atoms with Gasteiger partial charge in [-0.1, -0.05) is 12.1 Å². The van der Waals surface area contributed by atoms with Crippen molar-refractivity contribution in [3.63, 3.8) is 0 Å². The van der Waals surface area contributed by atoms with Gasteiger partial charge in [-0.25, -0.2) is 14.3 Å². The molecular weight excluding hydrogens is 254 g/mol. The number of hydrogen-bond acceptors (Lipinski definition) is 3. The first-order valence-electron chi connectivity index (χ1n) is 6.29. The Balaban J connectivity index is 2.06. The topological polar surface area (TPSA) is 63.3 Å². The summed E-state index contributed by atoms with van der Waals surface area (Å²) in [6.45, 7) is 1.91. The summed E-state index contributed by atoms with van der Waals surface area (Å²) >= 11 is 0. The van der Waals surface area contributed by atoms with Gasteiger partial charge in [0.25, 0.3) is 0 Å². The molecule has 1 N–H and O–H groups in total. The number of furan rings is 1. The molecule has 0 bridgehead atoms. The van der Waals surface area contributed by atoms with Crippen molar-refractivity contribution in [2.45, 2.75) is 6.92 Å². The van der Waals surface area contributed by atoms with Crippen molar-refractivity contribution < 1.29 is 4.42 Å². The summed E-state index contributed by atoms with van der Waals surface area (Å²) in [5.74, 6) is 1.68. The van der Waals surface area contributed by atoms with E-state index in [-0.39, 0.29) is 5.69 Å². The smallest absolute Gasteiger partial charge is 0.347 e. The average molecular weight is 265 g/mol. The van der Waals surface area contributed by atoms with Crippen LogP contribution in [0.5, 0.6) is 0 Å². The molecule has 20 heavy (non-hydrogen) atoms. The highest BCUT2D eigenvalue weighted by atomic mass is 16.3. The van der Waals surface area contributed by atoms with Gasteiger partial charge in [0.05, 0.1) is 0 Å². The Labute approximate surface area is 113 Å². The van der Waals surface area contributed by atoms with Gasteiger partial charge in [0.2, 0.25) is 0 Å². The maximum Gasteiger partial charge on any atom is 0.347 e. The lowest BCUT2D eigenvalue weighted by Gasteiger charge is -2.02. The lowest BCUT2D eigenvalue weighted by molar-refractivity contribution is 0.548. The first kappa shape index (κ1) is 11.0. The molecule has 4 aromatic rings. The highest BCUT2D eigenvalue weighted by Gasteiger charge is 2.08. The number of aromatic nitrogens is 3. The number of H-pyrrole nitrogens is 1. The third-order valence-electron chi connectivity index (χ3n) is 3.43. The molecule has 0 amide bonds. The number of rotatable bonds is 1. The van der Waals surface area contributed by atoms with Crippen molar-refractivity contribution in [3.8, 4) is 11.3 Å². The van der Waals surface area contributed by atoms with Crippen molar-refractivity contribution in [2.75, 3.05) is 0 Å². The Bertz CT molecular complexity index is 991. The SMILES string of the molecule is Cc1ccc(-c2ccc3ccn4c(=O)[nH]nc4c3c2)o1. The van der Waals surface area contributed by atoms with E-state index >= 15 is 0 Å². The van der Waals surface area contributed by atoms with Crippen molar-refractivity contribution >= 4 is 16.4 Å². The Morgan fingerprint density at radius 3 is 2.90 bits per heavy atom. The van der Waals surface area contributed by atoms with Gasteiger partial charge >= 0.3 is 5.69 Å². The molecular formula is C15H11N3O2. The van der Waals surface area contributed by atoms with E-state index in [1.807, 2.05) is 43.3 Å². The van der Waals surface area contributed by atoms with Crippen LogP contribution in [0.4, 0.5) is 0 Å². The molecule has 0 fully saturated rings. The lowest BCUT2D eigenvalue weighted by atomic mass is 10.1. The second kappa shape index (κ2) is 3.84. The molecule has 0 aliphatic rings. The normalized spacial score (nSPS) is 11.4. The number of fused-ring (bicyclic) bond motifs is 3. The molecule has 0 saturated carbocycles. The fraction of sp³-hybridized carbons (Fsp3) is 0.0667. The Morgan fingerprint density at radius 1 is 1.20 bits per heavy atom. The zero-order valence-electron chi connectivity index (χ0n) is 10.8. The summed E-state index contributed by atoms with van der Waals surface area (Å²) < 4.78 is 7.14. The number of nitrogens with one attached hydrogen (secondary N) is 1. The van der Waals surface area contributed by atoms with Gasteiger partial charge in [-0.05, 0) is 36.6 Å². The molecule has 0 unspecified atom stereocenters. The van der Waals surface area contributed by atoms with Crippen LogP contribution in [0, 0.1) is 6.92 Å². The average Bonchev–Trinajstić information content (AvgIpc) is 3.05. The molecule has 0 aliphatic carbocycles. The fourth-order valence-corrected chi connectivity index (χ4v) is 2.43. The molecule has 3 aromatic heterocycles. The second-order valence-electron chi connectivity index (χ2n) is 4.75. The number of pyridine rings is 1. The van der Waals surface area contributed by atoms with Gasteiger partial charge in [0.15, 0.2) is 5.65 Å². The number of hydrogen-bond donors (Lipinski definition) is 1. The van der Waals surface area contributed by atoms with Crippen molar-refractivity contribution in [1.29, 1.82) is 0 Å². The number of aromatic amines is 1. The molecule has 0 atom stereocenters. The summed E-state index contributed by atoms with van der Waals surface area (Å²) in [7, 11) is 0. The lowest BCUT2D eigenvalue weighted by Crippen LogP contribution is -2.08. The highest BCUT2D eigenvalue weighted by Crippen LogP contribution is 2.27. The largest absolute Gasteiger partial charge is 0.461 e. The van der Waals surface area contributed by atoms with E-state index in [0.717, 1.165) is 27.9 Å². The highest BCUT2D eigenvalue weighted by molar-refractivity contribution is 5.96. The minimum Gasteiger partial charge on any atom is -0.461 e. The zero-order valence-corrected chi connectivity index (χ0v) is 10.8. The van der Waals surface area contributed by atoms with E-state index in [4.69, 9.17) is 4.42 Å². The predicted molar refractivity (Wildman–Crippen MR) is 75.8 cm³/mol. The molecule has 98 valence electrons. The van der Waals surface area contributed by atoms with Gasteiger partial charge in [-0.3, -0.25) is 0 Å². The molecule has 0 saturated heterocycles. The van der Waals surface area contributed by atoms with Crippen LogP contribution in [0.1, 0.15) is 5.76 Å². The van der Waals surface area contributed by atoms with Gasteiger partial charge in [0.1, 0.15) is 11.5 Å². The Morgan fingerprint density at radius 2 is 2.10 bits per heavy atom. The van der Waals surface area contributed by atoms with Crippen LogP contribution >= 0.6 is 0 Å². The standard InChI is InChI=1S/C15H11N3O2/c1-9-2-5-13(20-9)11-4-3-10-6-7-18-14(12(10)8-11)16-17-15(18)19/h2-8H,1H3,(H,17,19). The first-order valence-corrected chi connectivity index (χ1v) is 6.29. The molecule has 0 aliphatic heterocycles. The molecule has 5 nitrogen and oxygen atoms in total. The van der Waals surface area contributed by atoms with Crippen LogP contribution in [0.2, 0.25) is 0 Å². The van der Waals surface area contributed by atoms with E-state index in [0.29, 0.717) is 5.65 Å². The van der Waals surface area contributed by atoms with Crippen LogP contribution in [0.15, 0.2) is 51.8 Å². The van der Waals surface area contributed by atoms with Crippen LogP contribution < -0.4 is 5.69 Å². The van der Waals surface area contributed by atoms with E-state index in [1.165, 1.54) is 4.40 Å². The minimum atomic E-state index is -0.235. The zero-order chi connectivity index (χ0) is 13.7. The third kappa shape index (κ3) is 1.50. The van der Waals surface area contributed by atoms with Crippen LogP contribution in [0.25, 0.3) is 27.7 Å². The van der Waals surface area contributed by atoms with Crippen molar-refractivity contribution in [1.82, 2.24) is 14.6 Å². The molecule has 0 radical (unpaired) electrons. The van der Waals surface area contributed by atoms with Gasteiger partial charge in [-0.2, -0.15) is 5.10 Å². The maximum absolute atomic E-state index is 11.6. The monoisotopic (exact) mass is 265 g/mol. The third-order valence-corrected chi connectivity index (χ3v) is 3.43. The predicted octanol–water partition coefficient (Wildman–Crippen LogP) is 2.74. The Kier molecular flexibility index (Phi) is 2.12. The summed E-state index contributed by atoms with van der Waals surface area (Å²) in [4.78, 5) is 11.6. The quantitative estimate of drug-likeness (QED) is 0.575. The van der Waals surface area contributed by atoms with E-state index < -0.39 is 0 Å². The van der Waals surface area contributed by atoms with Crippen molar-refractivity contribution in [2.24, 2.45) is 0 Å². The second-order valence-corrected chi connectivity index (χ2v) is 4.75. The number of nitrogens with zero attached hydrogens (tertiary/aromatic N) is 2. The van der Waals surface area contributed by atoms with Crippen LogP contribution in [-0.2, 0) is 0 Å². The Hall–Kier alpha value is -2.82. The minimum absolute atomic E-state index is 0.235.